The third-order valence-electron chi connectivity index (χ3n) is 4.99. The second-order valence-corrected chi connectivity index (χ2v) is 7.69. The lowest BCUT2D eigenvalue weighted by atomic mass is 9.99. The number of benzene rings is 2. The highest BCUT2D eigenvalue weighted by Crippen LogP contribution is 2.27. The van der Waals surface area contributed by atoms with Crippen LogP contribution in [0, 0.1) is 0 Å². The second-order valence-electron chi connectivity index (χ2n) is 6.87. The minimum absolute atomic E-state index is 0.00330. The van der Waals surface area contributed by atoms with Crippen molar-refractivity contribution in [3.05, 3.63) is 69.7 Å². The minimum Gasteiger partial charge on any atom is -0.347 e. The van der Waals surface area contributed by atoms with Gasteiger partial charge in [-0.05, 0) is 56.1 Å². The van der Waals surface area contributed by atoms with Crippen LogP contribution in [-0.4, -0.2) is 30.4 Å². The molecule has 5 heteroatoms. The third-order valence-corrected chi connectivity index (χ3v) is 5.73. The molecule has 1 amide bonds. The molecule has 0 saturated carbocycles. The first-order valence-electron chi connectivity index (χ1n) is 9.07. The maximum atomic E-state index is 12.9. The quantitative estimate of drug-likeness (QED) is 0.748. The first-order valence-corrected chi connectivity index (χ1v) is 9.83. The van der Waals surface area contributed by atoms with Gasteiger partial charge in [-0.15, -0.1) is 0 Å². The highest BCUT2D eigenvalue weighted by atomic mass is 35.5. The molecule has 26 heavy (non-hydrogen) atoms. The van der Waals surface area contributed by atoms with E-state index in [2.05, 4.69) is 22.3 Å². The average molecular weight is 391 g/mol. The smallest absolute Gasteiger partial charge is 0.227 e. The molecule has 1 N–H and O–H groups in total. The van der Waals surface area contributed by atoms with E-state index in [9.17, 15) is 4.79 Å². The van der Waals surface area contributed by atoms with Gasteiger partial charge in [-0.25, -0.2) is 0 Å². The van der Waals surface area contributed by atoms with E-state index in [1.54, 1.807) is 12.1 Å². The molecule has 1 heterocycles. The molecule has 0 aromatic heterocycles. The van der Waals surface area contributed by atoms with E-state index >= 15 is 0 Å². The fourth-order valence-corrected chi connectivity index (χ4v) is 3.68. The van der Waals surface area contributed by atoms with E-state index < -0.39 is 0 Å². The summed E-state index contributed by atoms with van der Waals surface area (Å²) in [6.07, 6.45) is 2.46. The zero-order valence-corrected chi connectivity index (χ0v) is 16.4. The van der Waals surface area contributed by atoms with Crippen LogP contribution in [0.25, 0.3) is 0 Å². The van der Waals surface area contributed by atoms with Crippen molar-refractivity contribution >= 4 is 29.1 Å². The summed E-state index contributed by atoms with van der Waals surface area (Å²) in [6.45, 7) is 4.93. The second kappa shape index (κ2) is 8.90. The molecule has 0 spiro atoms. The highest BCUT2D eigenvalue weighted by molar-refractivity contribution is 6.42. The van der Waals surface area contributed by atoms with Crippen LogP contribution in [0.5, 0.6) is 0 Å². The van der Waals surface area contributed by atoms with Gasteiger partial charge in [0.1, 0.15) is 0 Å². The molecule has 3 nitrogen and oxygen atoms in total. The molecule has 138 valence electrons. The highest BCUT2D eigenvalue weighted by Gasteiger charge is 2.23. The SMILES string of the molecule is CC(C(=O)NC(CN1CCCC1)c1ccccc1)c1ccc(Cl)c(Cl)c1. The number of hydrogen-bond acceptors (Lipinski definition) is 2. The summed E-state index contributed by atoms with van der Waals surface area (Å²) in [7, 11) is 0. The Balaban J connectivity index is 1.74. The van der Waals surface area contributed by atoms with Crippen LogP contribution in [-0.2, 0) is 4.79 Å². The summed E-state index contributed by atoms with van der Waals surface area (Å²) in [5.41, 5.74) is 2.00. The molecular formula is C21H24Cl2N2O. The van der Waals surface area contributed by atoms with E-state index in [1.807, 2.05) is 31.2 Å². The normalized spacial score (nSPS) is 17.0. The lowest BCUT2D eigenvalue weighted by molar-refractivity contribution is -0.123. The Hall–Kier alpha value is -1.55. The van der Waals surface area contributed by atoms with Gasteiger partial charge in [0.15, 0.2) is 0 Å². The number of amides is 1. The van der Waals surface area contributed by atoms with Crippen LogP contribution < -0.4 is 5.32 Å². The van der Waals surface area contributed by atoms with E-state index in [1.165, 1.54) is 12.8 Å². The minimum atomic E-state index is -0.297. The summed E-state index contributed by atoms with van der Waals surface area (Å²) >= 11 is 12.1. The number of carbonyl (C=O) groups excluding carboxylic acids is 1. The van der Waals surface area contributed by atoms with Crippen molar-refractivity contribution in [3.8, 4) is 0 Å². The summed E-state index contributed by atoms with van der Waals surface area (Å²) < 4.78 is 0. The van der Waals surface area contributed by atoms with Crippen molar-refractivity contribution < 1.29 is 4.79 Å². The Morgan fingerprint density at radius 2 is 1.73 bits per heavy atom. The topological polar surface area (TPSA) is 32.3 Å². The standard InChI is InChI=1S/C21H24Cl2N2O/c1-15(17-9-10-18(22)19(23)13-17)21(26)24-20(14-25-11-5-6-12-25)16-7-3-2-4-8-16/h2-4,7-10,13,15,20H,5-6,11-12,14H2,1H3,(H,24,26). The lowest BCUT2D eigenvalue weighted by Gasteiger charge is -2.26. The van der Waals surface area contributed by atoms with Crippen LogP contribution >= 0.6 is 23.2 Å². The fraction of sp³-hybridized carbons (Fsp3) is 0.381. The summed E-state index contributed by atoms with van der Waals surface area (Å²) in [4.78, 5) is 15.3. The molecule has 3 rings (SSSR count). The van der Waals surface area contributed by atoms with Gasteiger partial charge in [0.2, 0.25) is 5.91 Å². The van der Waals surface area contributed by atoms with Crippen LogP contribution in [0.15, 0.2) is 48.5 Å². The number of halogens is 2. The zero-order chi connectivity index (χ0) is 18.5. The van der Waals surface area contributed by atoms with Crippen molar-refractivity contribution in [2.75, 3.05) is 19.6 Å². The number of nitrogens with zero attached hydrogens (tertiary/aromatic N) is 1. The maximum Gasteiger partial charge on any atom is 0.227 e. The van der Waals surface area contributed by atoms with Crippen molar-refractivity contribution in [1.29, 1.82) is 0 Å². The molecule has 1 aliphatic rings. The van der Waals surface area contributed by atoms with Crippen LogP contribution in [0.4, 0.5) is 0 Å². The zero-order valence-electron chi connectivity index (χ0n) is 14.9. The Labute approximate surface area is 165 Å². The number of hydrogen-bond donors (Lipinski definition) is 1. The van der Waals surface area contributed by atoms with Gasteiger partial charge in [0, 0.05) is 6.54 Å². The molecule has 0 bridgehead atoms. The molecule has 2 unspecified atom stereocenters. The van der Waals surface area contributed by atoms with E-state index in [0.717, 1.165) is 30.8 Å². The Kier molecular flexibility index (Phi) is 6.58. The molecular weight excluding hydrogens is 367 g/mol. The first kappa shape index (κ1) is 19.2. The maximum absolute atomic E-state index is 12.9. The van der Waals surface area contributed by atoms with Crippen molar-refractivity contribution in [2.45, 2.75) is 31.7 Å². The molecule has 2 atom stereocenters. The number of rotatable bonds is 6. The average Bonchev–Trinajstić information content (AvgIpc) is 3.16. The predicted molar refractivity (Wildman–Crippen MR) is 108 cm³/mol. The molecule has 0 radical (unpaired) electrons. The van der Waals surface area contributed by atoms with Crippen molar-refractivity contribution in [1.82, 2.24) is 10.2 Å². The van der Waals surface area contributed by atoms with Crippen LogP contribution in [0.2, 0.25) is 10.0 Å². The van der Waals surface area contributed by atoms with Gasteiger partial charge < -0.3 is 10.2 Å². The number of likely N-dealkylation sites (tertiary alicyclic amines) is 1. The largest absolute Gasteiger partial charge is 0.347 e. The lowest BCUT2D eigenvalue weighted by Crippen LogP contribution is -2.38. The van der Waals surface area contributed by atoms with E-state index in [-0.39, 0.29) is 17.9 Å². The van der Waals surface area contributed by atoms with Crippen molar-refractivity contribution in [3.63, 3.8) is 0 Å². The van der Waals surface area contributed by atoms with Gasteiger partial charge >= 0.3 is 0 Å². The third kappa shape index (κ3) is 4.79. The van der Waals surface area contributed by atoms with Crippen LogP contribution in [0.3, 0.4) is 0 Å². The van der Waals surface area contributed by atoms with Gasteiger partial charge in [-0.1, -0.05) is 59.6 Å². The Bertz CT molecular complexity index is 745. The van der Waals surface area contributed by atoms with Gasteiger partial charge in [0.05, 0.1) is 22.0 Å². The monoisotopic (exact) mass is 390 g/mol. The van der Waals surface area contributed by atoms with Gasteiger partial charge in [-0.3, -0.25) is 4.79 Å². The molecule has 1 saturated heterocycles. The Morgan fingerprint density at radius 3 is 2.38 bits per heavy atom. The predicted octanol–water partition coefficient (Wildman–Crippen LogP) is 5.05. The molecule has 1 aliphatic heterocycles. The molecule has 2 aromatic carbocycles. The summed E-state index contributed by atoms with van der Waals surface area (Å²) in [5, 5.41) is 4.21. The van der Waals surface area contributed by atoms with Crippen LogP contribution in [0.1, 0.15) is 42.9 Å². The summed E-state index contributed by atoms with van der Waals surface area (Å²) in [6, 6.07) is 15.5. The molecule has 2 aromatic rings. The summed E-state index contributed by atoms with van der Waals surface area (Å²) in [5.74, 6) is -0.300. The van der Waals surface area contributed by atoms with Gasteiger partial charge in [-0.2, -0.15) is 0 Å². The molecule has 0 aliphatic carbocycles. The van der Waals surface area contributed by atoms with Gasteiger partial charge in [0.25, 0.3) is 0 Å². The van der Waals surface area contributed by atoms with Crippen molar-refractivity contribution in [2.24, 2.45) is 0 Å². The molecule has 1 fully saturated rings. The number of nitrogens with one attached hydrogen (secondary N) is 1. The Morgan fingerprint density at radius 1 is 1.04 bits per heavy atom. The van der Waals surface area contributed by atoms with E-state index in [0.29, 0.717) is 10.0 Å². The number of carbonyl (C=O) groups is 1. The van der Waals surface area contributed by atoms with E-state index in [4.69, 9.17) is 23.2 Å². The fourth-order valence-electron chi connectivity index (χ4n) is 3.37. The first-order chi connectivity index (χ1) is 12.5.